The standard InChI is InChI=1S/C18H19F2IN2O4/c1-18(26,9-24)4-5-27-15-7-10(19)6-14(16(15)17(22)25)23-13-3-2-11(21)8-12(13)20/h2-3,6-8,23-24,26H,4-5,9H2,1H3,(H2,22,25). The van der Waals surface area contributed by atoms with Crippen LogP contribution in [-0.2, 0) is 0 Å². The van der Waals surface area contributed by atoms with Crippen LogP contribution in [0, 0.1) is 15.2 Å². The Hall–Kier alpha value is -1.98. The van der Waals surface area contributed by atoms with Gasteiger partial charge in [-0.3, -0.25) is 4.79 Å². The second-order valence-corrected chi connectivity index (χ2v) is 7.44. The van der Waals surface area contributed by atoms with E-state index in [0.717, 1.165) is 12.1 Å². The number of ether oxygens (including phenoxy) is 1. The lowest BCUT2D eigenvalue weighted by molar-refractivity contribution is -0.0139. The maximum atomic E-state index is 14.1. The van der Waals surface area contributed by atoms with Gasteiger partial charge in [-0.25, -0.2) is 8.78 Å². The number of nitrogens with one attached hydrogen (secondary N) is 1. The molecule has 1 unspecified atom stereocenters. The highest BCUT2D eigenvalue weighted by atomic mass is 127. The van der Waals surface area contributed by atoms with E-state index in [0.29, 0.717) is 3.57 Å². The highest BCUT2D eigenvalue weighted by Gasteiger charge is 2.22. The van der Waals surface area contributed by atoms with Gasteiger partial charge in [-0.2, -0.15) is 0 Å². The third-order valence-corrected chi connectivity index (χ3v) is 4.42. The molecule has 0 fully saturated rings. The van der Waals surface area contributed by atoms with Crippen molar-refractivity contribution in [3.8, 4) is 5.75 Å². The van der Waals surface area contributed by atoms with Gasteiger partial charge >= 0.3 is 0 Å². The van der Waals surface area contributed by atoms with E-state index in [4.69, 9.17) is 15.6 Å². The zero-order valence-electron chi connectivity index (χ0n) is 14.4. The zero-order valence-corrected chi connectivity index (χ0v) is 16.6. The van der Waals surface area contributed by atoms with Gasteiger partial charge in [-0.05, 0) is 53.8 Å². The molecule has 2 aromatic carbocycles. The van der Waals surface area contributed by atoms with Crippen LogP contribution < -0.4 is 15.8 Å². The molecule has 0 aliphatic carbocycles. The van der Waals surface area contributed by atoms with Gasteiger partial charge in [0.25, 0.3) is 5.91 Å². The first-order valence-corrected chi connectivity index (χ1v) is 9.02. The number of carbonyl (C=O) groups is 1. The number of hydrogen-bond donors (Lipinski definition) is 4. The second-order valence-electron chi connectivity index (χ2n) is 6.19. The van der Waals surface area contributed by atoms with Crippen molar-refractivity contribution in [3.63, 3.8) is 0 Å². The summed E-state index contributed by atoms with van der Waals surface area (Å²) in [5.74, 6) is -2.35. The molecule has 0 radical (unpaired) electrons. The Labute approximate surface area is 168 Å². The number of aliphatic hydroxyl groups is 2. The van der Waals surface area contributed by atoms with Gasteiger partial charge in [0.05, 0.1) is 30.2 Å². The molecule has 2 rings (SSSR count). The van der Waals surface area contributed by atoms with E-state index in [1.807, 2.05) is 22.6 Å². The van der Waals surface area contributed by atoms with E-state index >= 15 is 0 Å². The minimum Gasteiger partial charge on any atom is -0.492 e. The molecule has 0 spiro atoms. The molecular weight excluding hydrogens is 473 g/mol. The van der Waals surface area contributed by atoms with Crippen LogP contribution in [0.2, 0.25) is 0 Å². The predicted octanol–water partition coefficient (Wildman–Crippen LogP) is 2.92. The molecule has 5 N–H and O–H groups in total. The minimum absolute atomic E-state index is 0.0345. The van der Waals surface area contributed by atoms with Crippen LogP contribution >= 0.6 is 22.6 Å². The van der Waals surface area contributed by atoms with E-state index in [-0.39, 0.29) is 35.7 Å². The van der Waals surface area contributed by atoms with Crippen LogP contribution in [0.5, 0.6) is 5.75 Å². The molecule has 1 amide bonds. The van der Waals surface area contributed by atoms with Gasteiger partial charge in [-0.15, -0.1) is 0 Å². The number of anilines is 2. The summed E-state index contributed by atoms with van der Waals surface area (Å²) in [5, 5.41) is 21.5. The van der Waals surface area contributed by atoms with E-state index in [1.165, 1.54) is 19.1 Å². The predicted molar refractivity (Wildman–Crippen MR) is 105 cm³/mol. The Kier molecular flexibility index (Phi) is 6.95. The maximum absolute atomic E-state index is 14.1. The lowest BCUT2D eigenvalue weighted by Crippen LogP contribution is -2.31. The second kappa shape index (κ2) is 8.81. The number of hydrogen-bond acceptors (Lipinski definition) is 5. The fourth-order valence-corrected chi connectivity index (χ4v) is 2.70. The summed E-state index contributed by atoms with van der Waals surface area (Å²) < 4.78 is 34.2. The molecule has 9 heteroatoms. The molecule has 0 aliphatic rings. The quantitative estimate of drug-likeness (QED) is 0.425. The normalized spacial score (nSPS) is 13.1. The minimum atomic E-state index is -1.38. The first-order valence-electron chi connectivity index (χ1n) is 7.94. The number of halogens is 3. The van der Waals surface area contributed by atoms with Crippen LogP contribution in [0.4, 0.5) is 20.2 Å². The van der Waals surface area contributed by atoms with Gasteiger partial charge in [0.1, 0.15) is 22.9 Å². The van der Waals surface area contributed by atoms with E-state index in [2.05, 4.69) is 5.32 Å². The third-order valence-electron chi connectivity index (χ3n) is 3.75. The molecular formula is C18H19F2IN2O4. The summed E-state index contributed by atoms with van der Waals surface area (Å²) >= 11 is 1.95. The maximum Gasteiger partial charge on any atom is 0.254 e. The highest BCUT2D eigenvalue weighted by molar-refractivity contribution is 14.1. The van der Waals surface area contributed by atoms with Crippen molar-refractivity contribution in [1.29, 1.82) is 0 Å². The fraction of sp³-hybridized carbons (Fsp3) is 0.278. The van der Waals surface area contributed by atoms with E-state index in [1.54, 1.807) is 6.07 Å². The lowest BCUT2D eigenvalue weighted by Gasteiger charge is -2.21. The summed E-state index contributed by atoms with van der Waals surface area (Å²) in [7, 11) is 0. The average Bonchev–Trinajstić information content (AvgIpc) is 2.56. The smallest absolute Gasteiger partial charge is 0.254 e. The van der Waals surface area contributed by atoms with Gasteiger partial charge < -0.3 is 26.0 Å². The van der Waals surface area contributed by atoms with Gasteiger partial charge in [-0.1, -0.05) is 0 Å². The third kappa shape index (κ3) is 5.75. The van der Waals surface area contributed by atoms with Crippen molar-refractivity contribution in [1.82, 2.24) is 0 Å². The summed E-state index contributed by atoms with van der Waals surface area (Å²) in [6.07, 6.45) is 0.0345. The van der Waals surface area contributed by atoms with E-state index < -0.39 is 29.7 Å². The molecule has 6 nitrogen and oxygen atoms in total. The highest BCUT2D eigenvalue weighted by Crippen LogP contribution is 2.32. The molecule has 1 atom stereocenters. The first-order chi connectivity index (χ1) is 12.6. The molecule has 0 aromatic heterocycles. The zero-order chi connectivity index (χ0) is 20.2. The molecule has 0 saturated heterocycles. The van der Waals surface area contributed by atoms with Crippen molar-refractivity contribution in [2.24, 2.45) is 5.73 Å². The molecule has 27 heavy (non-hydrogen) atoms. The van der Waals surface area contributed by atoms with Crippen molar-refractivity contribution in [3.05, 3.63) is 51.1 Å². The van der Waals surface area contributed by atoms with Crippen molar-refractivity contribution < 1.29 is 28.5 Å². The van der Waals surface area contributed by atoms with Crippen molar-refractivity contribution >= 4 is 39.9 Å². The van der Waals surface area contributed by atoms with Crippen LogP contribution in [0.3, 0.4) is 0 Å². The Morgan fingerprint density at radius 2 is 2.00 bits per heavy atom. The van der Waals surface area contributed by atoms with Crippen LogP contribution in [0.15, 0.2) is 30.3 Å². The number of primary amides is 1. The monoisotopic (exact) mass is 492 g/mol. The number of aliphatic hydroxyl groups excluding tert-OH is 1. The van der Waals surface area contributed by atoms with E-state index in [9.17, 15) is 18.7 Å². The van der Waals surface area contributed by atoms with Crippen LogP contribution in [0.25, 0.3) is 0 Å². The number of benzene rings is 2. The fourth-order valence-electron chi connectivity index (χ4n) is 2.24. The Morgan fingerprint density at radius 1 is 1.30 bits per heavy atom. The Morgan fingerprint density at radius 3 is 2.59 bits per heavy atom. The summed E-state index contributed by atoms with van der Waals surface area (Å²) in [5.41, 5.74) is 3.85. The molecule has 2 aromatic rings. The van der Waals surface area contributed by atoms with Gasteiger partial charge in [0.2, 0.25) is 0 Å². The molecule has 146 valence electrons. The average molecular weight is 492 g/mol. The summed E-state index contributed by atoms with van der Waals surface area (Å²) in [4.78, 5) is 11.9. The summed E-state index contributed by atoms with van der Waals surface area (Å²) in [6, 6.07) is 6.35. The SMILES string of the molecule is CC(O)(CO)CCOc1cc(F)cc(Nc2ccc(I)cc2F)c1C(N)=O. The van der Waals surface area contributed by atoms with Gasteiger partial charge in [0, 0.05) is 16.1 Å². The summed E-state index contributed by atoms with van der Waals surface area (Å²) in [6.45, 7) is 0.819. The largest absolute Gasteiger partial charge is 0.492 e. The molecule has 0 aliphatic heterocycles. The molecule has 0 heterocycles. The lowest BCUT2D eigenvalue weighted by atomic mass is 10.1. The van der Waals surface area contributed by atoms with Crippen molar-refractivity contribution in [2.75, 3.05) is 18.5 Å². The number of amides is 1. The number of carbonyl (C=O) groups excluding carboxylic acids is 1. The first kappa shape index (κ1) is 21.3. The molecule has 0 bridgehead atoms. The number of nitrogens with two attached hydrogens (primary N) is 1. The Bertz CT molecular complexity index is 846. The van der Waals surface area contributed by atoms with Crippen LogP contribution in [0.1, 0.15) is 23.7 Å². The van der Waals surface area contributed by atoms with Crippen LogP contribution in [-0.4, -0.2) is 34.9 Å². The van der Waals surface area contributed by atoms with Gasteiger partial charge in [0.15, 0.2) is 0 Å². The molecule has 0 saturated carbocycles. The number of rotatable bonds is 8. The topological polar surface area (TPSA) is 105 Å². The van der Waals surface area contributed by atoms with Crippen molar-refractivity contribution in [2.45, 2.75) is 18.9 Å². The Balaban J connectivity index is 2.34.